The number of ether oxygens (including phenoxy) is 1. The molecule has 8 heteroatoms. The van der Waals surface area contributed by atoms with Crippen molar-refractivity contribution in [3.05, 3.63) is 107 Å². The number of thioether (sulfide) groups is 1. The first-order valence-corrected chi connectivity index (χ1v) is 11.3. The number of nitrogens with zero attached hydrogens (tertiary/aromatic N) is 3. The average Bonchev–Trinajstić information content (AvgIpc) is 3.26. The van der Waals surface area contributed by atoms with Crippen LogP contribution in [0.5, 0.6) is 5.75 Å². The van der Waals surface area contributed by atoms with Crippen LogP contribution in [0.4, 0.5) is 0 Å². The van der Waals surface area contributed by atoms with Gasteiger partial charge < -0.3 is 4.74 Å². The summed E-state index contributed by atoms with van der Waals surface area (Å²) in [4.78, 5) is 29.0. The maximum Gasteiger partial charge on any atom is 0.343 e. The van der Waals surface area contributed by atoms with Crippen molar-refractivity contribution in [2.45, 2.75) is 6.42 Å². The van der Waals surface area contributed by atoms with E-state index in [9.17, 15) is 9.59 Å². The Morgan fingerprint density at radius 1 is 0.971 bits per heavy atom. The van der Waals surface area contributed by atoms with E-state index >= 15 is 0 Å². The van der Waals surface area contributed by atoms with Gasteiger partial charge in [-0.05, 0) is 53.2 Å². The van der Waals surface area contributed by atoms with Crippen LogP contribution in [-0.2, 0) is 11.2 Å². The Labute approximate surface area is 200 Å². The highest BCUT2D eigenvalue weighted by Crippen LogP contribution is 2.29. The van der Waals surface area contributed by atoms with Gasteiger partial charge in [-0.3, -0.25) is 10.2 Å². The van der Waals surface area contributed by atoms with Gasteiger partial charge in [-0.1, -0.05) is 60.7 Å². The molecule has 0 aliphatic carbocycles. The smallest absolute Gasteiger partial charge is 0.343 e. The van der Waals surface area contributed by atoms with Crippen molar-refractivity contribution in [1.29, 1.82) is 5.41 Å². The van der Waals surface area contributed by atoms with Gasteiger partial charge in [0.1, 0.15) is 10.8 Å². The third kappa shape index (κ3) is 4.57. The molecule has 0 spiro atoms. The van der Waals surface area contributed by atoms with Crippen LogP contribution in [0.15, 0.2) is 101 Å². The summed E-state index contributed by atoms with van der Waals surface area (Å²) >= 11 is 1.30. The largest absolute Gasteiger partial charge is 0.423 e. The highest BCUT2D eigenvalue weighted by atomic mass is 32.2. The Hall–Kier alpha value is -4.30. The molecule has 5 rings (SSSR count). The van der Waals surface area contributed by atoms with Crippen LogP contribution in [0.25, 0.3) is 6.08 Å². The Bertz CT molecular complexity index is 1360. The number of hydrogen-bond donors (Lipinski definition) is 1. The molecule has 0 fully saturated rings. The summed E-state index contributed by atoms with van der Waals surface area (Å²) in [6, 6.07) is 25.3. The van der Waals surface area contributed by atoms with E-state index in [1.807, 2.05) is 36.4 Å². The zero-order valence-electron chi connectivity index (χ0n) is 17.8. The Kier molecular flexibility index (Phi) is 5.88. The molecule has 0 saturated heterocycles. The zero-order chi connectivity index (χ0) is 23.5. The number of esters is 1. The molecule has 2 aliphatic heterocycles. The second-order valence-electron chi connectivity index (χ2n) is 7.50. The lowest BCUT2D eigenvalue weighted by Crippen LogP contribution is -2.35. The quantitative estimate of drug-likeness (QED) is 0.332. The van der Waals surface area contributed by atoms with Crippen LogP contribution in [-0.4, -0.2) is 32.9 Å². The van der Waals surface area contributed by atoms with E-state index < -0.39 is 11.9 Å². The number of nitrogens with one attached hydrogen (secondary N) is 1. The van der Waals surface area contributed by atoms with E-state index in [1.165, 1.54) is 16.8 Å². The van der Waals surface area contributed by atoms with Gasteiger partial charge in [0.2, 0.25) is 5.17 Å². The number of benzene rings is 3. The average molecular weight is 467 g/mol. The van der Waals surface area contributed by atoms with Crippen molar-refractivity contribution in [2.24, 2.45) is 10.1 Å². The van der Waals surface area contributed by atoms with Crippen LogP contribution in [0.2, 0.25) is 0 Å². The Balaban J connectivity index is 1.31. The van der Waals surface area contributed by atoms with Crippen LogP contribution in [0, 0.1) is 5.41 Å². The summed E-state index contributed by atoms with van der Waals surface area (Å²) in [5.41, 5.74) is 2.37. The number of hydrogen-bond acceptors (Lipinski definition) is 6. The Morgan fingerprint density at radius 2 is 1.65 bits per heavy atom. The topological polar surface area (TPSA) is 95.2 Å². The molecule has 7 nitrogen and oxygen atoms in total. The zero-order valence-corrected chi connectivity index (χ0v) is 18.7. The first-order chi connectivity index (χ1) is 16.6. The third-order valence-corrected chi connectivity index (χ3v) is 6.01. The monoisotopic (exact) mass is 466 g/mol. The van der Waals surface area contributed by atoms with Crippen molar-refractivity contribution < 1.29 is 14.3 Å². The highest BCUT2D eigenvalue weighted by Gasteiger charge is 2.35. The normalized spacial score (nSPS) is 16.2. The molecule has 0 atom stereocenters. The Morgan fingerprint density at radius 3 is 2.35 bits per heavy atom. The predicted octanol–water partition coefficient (Wildman–Crippen LogP) is 4.77. The van der Waals surface area contributed by atoms with Gasteiger partial charge in [-0.15, -0.1) is 0 Å². The lowest BCUT2D eigenvalue weighted by atomic mass is 10.1. The summed E-state index contributed by atoms with van der Waals surface area (Å²) in [5, 5.41) is 15.6. The van der Waals surface area contributed by atoms with Crippen LogP contribution < -0.4 is 4.74 Å². The molecular formula is C26H18N4O3S. The maximum atomic E-state index is 12.6. The molecule has 0 unspecified atom stereocenters. The molecule has 34 heavy (non-hydrogen) atoms. The molecule has 166 valence electrons. The summed E-state index contributed by atoms with van der Waals surface area (Å²) < 4.78 is 5.39. The molecule has 3 aromatic rings. The molecule has 1 amide bonds. The lowest BCUT2D eigenvalue weighted by molar-refractivity contribution is -0.114. The van der Waals surface area contributed by atoms with Gasteiger partial charge in [0.15, 0.2) is 5.84 Å². The van der Waals surface area contributed by atoms with Crippen LogP contribution >= 0.6 is 11.8 Å². The number of carbonyl (C=O) groups is 2. The number of amides is 1. The number of hydrazone groups is 1. The van der Waals surface area contributed by atoms with Gasteiger partial charge in [-0.2, -0.15) is 15.1 Å². The van der Waals surface area contributed by atoms with E-state index in [1.54, 1.807) is 54.6 Å². The minimum absolute atomic E-state index is 0.0230. The fraction of sp³-hybridized carbons (Fsp3) is 0.0385. The minimum atomic E-state index is -0.487. The van der Waals surface area contributed by atoms with E-state index in [2.05, 4.69) is 10.1 Å². The second kappa shape index (κ2) is 9.29. The highest BCUT2D eigenvalue weighted by molar-refractivity contribution is 8.26. The number of fused-ring (bicyclic) bond motifs is 1. The fourth-order valence-corrected chi connectivity index (χ4v) is 4.33. The number of amidine groups is 2. The van der Waals surface area contributed by atoms with E-state index in [4.69, 9.17) is 10.1 Å². The standard InChI is InChI=1S/C26H18N4O3S/c27-23-21(15-18-11-13-20(14-12-18)33-25(32)19-9-5-2-6-10-19)24(31)28-26-30(23)29-22(34-26)16-17-7-3-1-4-8-17/h1-15,27H,16H2/b21-15+,27-23?. The molecule has 0 bridgehead atoms. The third-order valence-electron chi connectivity index (χ3n) is 5.11. The van der Waals surface area contributed by atoms with Crippen LogP contribution in [0.3, 0.4) is 0 Å². The molecule has 2 aliphatic rings. The first kappa shape index (κ1) is 21.5. The van der Waals surface area contributed by atoms with Gasteiger partial charge in [-0.25, -0.2) is 4.79 Å². The van der Waals surface area contributed by atoms with Crippen molar-refractivity contribution in [3.63, 3.8) is 0 Å². The molecular weight excluding hydrogens is 448 g/mol. The maximum absolute atomic E-state index is 12.6. The van der Waals surface area contributed by atoms with Crippen LogP contribution in [0.1, 0.15) is 21.5 Å². The van der Waals surface area contributed by atoms with Gasteiger partial charge >= 0.3 is 5.97 Å². The minimum Gasteiger partial charge on any atom is -0.423 e. The van der Waals surface area contributed by atoms with E-state index in [-0.39, 0.29) is 11.4 Å². The SMILES string of the molecule is N=C1/C(=C\c2ccc(OC(=O)c3ccccc3)cc2)C(=O)N=C2SC(Cc3ccccc3)=NN12. The summed E-state index contributed by atoms with van der Waals surface area (Å²) in [7, 11) is 0. The second-order valence-corrected chi connectivity index (χ2v) is 8.54. The predicted molar refractivity (Wildman–Crippen MR) is 133 cm³/mol. The fourth-order valence-electron chi connectivity index (χ4n) is 3.41. The molecule has 3 aromatic carbocycles. The summed E-state index contributed by atoms with van der Waals surface area (Å²) in [6.07, 6.45) is 2.19. The summed E-state index contributed by atoms with van der Waals surface area (Å²) in [5.74, 6) is -0.578. The van der Waals surface area contributed by atoms with Crippen molar-refractivity contribution in [2.75, 3.05) is 0 Å². The number of aliphatic imine (C=N–C) groups is 1. The molecule has 0 aromatic heterocycles. The van der Waals surface area contributed by atoms with Gasteiger partial charge in [0, 0.05) is 6.42 Å². The lowest BCUT2D eigenvalue weighted by Gasteiger charge is -2.20. The number of rotatable bonds is 5. The van der Waals surface area contributed by atoms with Gasteiger partial charge in [0.25, 0.3) is 5.91 Å². The molecule has 0 radical (unpaired) electrons. The van der Waals surface area contributed by atoms with Crippen molar-refractivity contribution >= 4 is 45.8 Å². The van der Waals surface area contributed by atoms with Crippen molar-refractivity contribution in [3.8, 4) is 5.75 Å². The molecule has 2 heterocycles. The molecule has 0 saturated carbocycles. The van der Waals surface area contributed by atoms with E-state index in [0.717, 1.165) is 10.6 Å². The summed E-state index contributed by atoms with van der Waals surface area (Å²) in [6.45, 7) is 0. The van der Waals surface area contributed by atoms with Crippen molar-refractivity contribution in [1.82, 2.24) is 5.01 Å². The molecule has 1 N–H and O–H groups in total. The van der Waals surface area contributed by atoms with E-state index in [0.29, 0.717) is 28.5 Å². The number of carbonyl (C=O) groups excluding carboxylic acids is 2. The van der Waals surface area contributed by atoms with Gasteiger partial charge in [0.05, 0.1) is 11.1 Å². The first-order valence-electron chi connectivity index (χ1n) is 10.5.